The summed E-state index contributed by atoms with van der Waals surface area (Å²) in [4.78, 5) is 12.5. The number of halogens is 2. The molecule has 228 valence electrons. The second-order valence-electron chi connectivity index (χ2n) is 12.2. The molecule has 2 aliphatic heterocycles. The van der Waals surface area contributed by atoms with Crippen molar-refractivity contribution in [3.8, 4) is 6.07 Å². The van der Waals surface area contributed by atoms with Crippen LogP contribution < -0.4 is 21.6 Å². The van der Waals surface area contributed by atoms with Gasteiger partial charge in [0.25, 0.3) is 0 Å². The van der Waals surface area contributed by atoms with Gasteiger partial charge in [0.2, 0.25) is 0 Å². The molecule has 12 heteroatoms. The minimum Gasteiger partial charge on any atom is -0.372 e. The van der Waals surface area contributed by atoms with E-state index in [1.54, 1.807) is 17.5 Å². The maximum atomic E-state index is 9.95. The Bertz CT molecular complexity index is 1740. The van der Waals surface area contributed by atoms with Crippen molar-refractivity contribution in [2.45, 2.75) is 58.2 Å². The van der Waals surface area contributed by atoms with Crippen molar-refractivity contribution in [1.29, 1.82) is 5.26 Å². The molecule has 44 heavy (non-hydrogen) atoms. The third-order valence-electron chi connectivity index (χ3n) is 8.26. The van der Waals surface area contributed by atoms with Crippen LogP contribution in [-0.4, -0.2) is 44.5 Å². The number of thiazole rings is 1. The Kier molecular flexibility index (Phi) is 8.59. The van der Waals surface area contributed by atoms with Gasteiger partial charge in [0.15, 0.2) is 0 Å². The molecule has 2 aromatic heterocycles. The van der Waals surface area contributed by atoms with Gasteiger partial charge >= 0.3 is 0 Å². The van der Waals surface area contributed by atoms with Crippen molar-refractivity contribution < 1.29 is 0 Å². The molecule has 9 nitrogen and oxygen atoms in total. The van der Waals surface area contributed by atoms with E-state index in [1.807, 2.05) is 49.0 Å². The lowest BCUT2D eigenvalue weighted by Gasteiger charge is -2.42. The Morgan fingerprint density at radius 3 is 2.55 bits per heavy atom. The summed E-state index contributed by atoms with van der Waals surface area (Å²) in [6.07, 6.45) is 7.72. The number of hydrogen-bond acceptors (Lipinski definition) is 10. The summed E-state index contributed by atoms with van der Waals surface area (Å²) in [6, 6.07) is 12.0. The zero-order valence-corrected chi connectivity index (χ0v) is 27.4. The highest BCUT2D eigenvalue weighted by molar-refractivity contribution is 7.09. The number of hydrazine groups is 2. The lowest BCUT2D eigenvalue weighted by molar-refractivity contribution is 0.0570. The summed E-state index contributed by atoms with van der Waals surface area (Å²) >= 11 is 14.8. The number of nitrogens with zero attached hydrogens (tertiary/aromatic N) is 5. The molecular weight excluding hydrogens is 613 g/mol. The van der Waals surface area contributed by atoms with E-state index in [0.717, 1.165) is 58.8 Å². The van der Waals surface area contributed by atoms with Crippen molar-refractivity contribution in [3.63, 3.8) is 0 Å². The van der Waals surface area contributed by atoms with Gasteiger partial charge in [-0.3, -0.25) is 19.9 Å². The van der Waals surface area contributed by atoms with Crippen LogP contribution in [-0.2, 0) is 0 Å². The van der Waals surface area contributed by atoms with Crippen LogP contribution in [0.25, 0.3) is 10.9 Å². The molecule has 0 spiro atoms. The number of benzene rings is 2. The van der Waals surface area contributed by atoms with E-state index in [0.29, 0.717) is 32.9 Å². The fourth-order valence-electron chi connectivity index (χ4n) is 5.72. The van der Waals surface area contributed by atoms with E-state index >= 15 is 0 Å². The van der Waals surface area contributed by atoms with Gasteiger partial charge in [0.05, 0.1) is 37.9 Å². The van der Waals surface area contributed by atoms with Gasteiger partial charge in [0, 0.05) is 65.0 Å². The largest absolute Gasteiger partial charge is 0.372 e. The van der Waals surface area contributed by atoms with Crippen molar-refractivity contribution in [2.75, 3.05) is 23.7 Å². The SMILES string of the molecule is Cc1ccc(Nc2c(C#N)cnc3c(Cl)cc(N[C@H](C4=CN(C5CCN(C(C)(C)C)CC5)NN4)c4cncs4)cc23)cc1Cl. The van der Waals surface area contributed by atoms with Gasteiger partial charge in [-0.1, -0.05) is 29.3 Å². The van der Waals surface area contributed by atoms with Gasteiger partial charge < -0.3 is 16.1 Å². The Morgan fingerprint density at radius 2 is 1.86 bits per heavy atom. The summed E-state index contributed by atoms with van der Waals surface area (Å²) in [5.74, 6) is 0. The number of rotatable bonds is 7. The maximum Gasteiger partial charge on any atom is 0.105 e. The number of aryl methyl sites for hydroxylation is 1. The molecule has 0 amide bonds. The summed E-state index contributed by atoms with van der Waals surface area (Å²) in [6.45, 7) is 10.9. The zero-order valence-electron chi connectivity index (χ0n) is 25.1. The first-order valence-corrected chi connectivity index (χ1v) is 16.2. The minimum absolute atomic E-state index is 0.178. The van der Waals surface area contributed by atoms with Gasteiger partial charge in [-0.15, -0.1) is 16.9 Å². The Morgan fingerprint density at radius 1 is 1.09 bits per heavy atom. The first-order chi connectivity index (χ1) is 21.1. The van der Waals surface area contributed by atoms with Crippen LogP contribution >= 0.6 is 34.5 Å². The van der Waals surface area contributed by atoms with Crippen LogP contribution in [0.4, 0.5) is 17.1 Å². The maximum absolute atomic E-state index is 9.95. The Hall–Kier alpha value is -3.59. The van der Waals surface area contributed by atoms with E-state index in [-0.39, 0.29) is 11.6 Å². The van der Waals surface area contributed by atoms with Crippen LogP contribution in [0.5, 0.6) is 0 Å². The quantitative estimate of drug-likeness (QED) is 0.162. The highest BCUT2D eigenvalue weighted by Gasteiger charge is 2.32. The Balaban J connectivity index is 1.31. The molecule has 0 unspecified atom stereocenters. The highest BCUT2D eigenvalue weighted by atomic mass is 35.5. The molecule has 4 aromatic rings. The third-order valence-corrected chi connectivity index (χ3v) is 9.79. The average Bonchev–Trinajstić information content (AvgIpc) is 3.71. The summed E-state index contributed by atoms with van der Waals surface area (Å²) in [5, 5.41) is 21.0. The molecule has 0 radical (unpaired) electrons. The van der Waals surface area contributed by atoms with Gasteiger partial charge in [-0.25, -0.2) is 0 Å². The highest BCUT2D eigenvalue weighted by Crippen LogP contribution is 2.38. The van der Waals surface area contributed by atoms with Crippen LogP contribution in [0.15, 0.2) is 60.1 Å². The Labute approximate surface area is 271 Å². The normalized spacial score (nSPS) is 16.8. The van der Waals surface area contributed by atoms with Crippen LogP contribution in [0.1, 0.15) is 55.7 Å². The fourth-order valence-corrected chi connectivity index (χ4v) is 6.85. The molecule has 0 aliphatic carbocycles. The van der Waals surface area contributed by atoms with E-state index in [4.69, 9.17) is 23.2 Å². The lowest BCUT2D eigenvalue weighted by atomic mass is 9.98. The number of fused-ring (bicyclic) bond motifs is 1. The van der Waals surface area contributed by atoms with Crippen molar-refractivity contribution in [2.24, 2.45) is 0 Å². The number of pyridine rings is 1. The topological polar surface area (TPSA) is 104 Å². The third kappa shape index (κ3) is 6.29. The smallest absolute Gasteiger partial charge is 0.105 e. The second kappa shape index (κ2) is 12.4. The number of likely N-dealkylation sites (tertiary alicyclic amines) is 1. The predicted molar refractivity (Wildman–Crippen MR) is 180 cm³/mol. The molecular formula is C32H35Cl2N9S. The molecule has 2 aliphatic rings. The number of nitrogens with one attached hydrogen (secondary N) is 4. The monoisotopic (exact) mass is 647 g/mol. The van der Waals surface area contributed by atoms with Crippen LogP contribution in [0.2, 0.25) is 10.0 Å². The van der Waals surface area contributed by atoms with E-state index in [9.17, 15) is 5.26 Å². The molecule has 1 atom stereocenters. The van der Waals surface area contributed by atoms with Crippen molar-refractivity contribution in [3.05, 3.63) is 86.2 Å². The molecule has 4 N–H and O–H groups in total. The summed E-state index contributed by atoms with van der Waals surface area (Å²) < 4.78 is 0. The van der Waals surface area contributed by atoms with E-state index < -0.39 is 0 Å². The molecule has 0 saturated carbocycles. The molecule has 1 fully saturated rings. The number of aromatic nitrogens is 2. The van der Waals surface area contributed by atoms with Crippen LogP contribution in [0, 0.1) is 18.3 Å². The minimum atomic E-state index is -0.220. The first-order valence-electron chi connectivity index (χ1n) is 14.6. The molecule has 4 heterocycles. The average molecular weight is 649 g/mol. The zero-order chi connectivity index (χ0) is 31.0. The van der Waals surface area contributed by atoms with E-state index in [2.05, 4.69) is 74.5 Å². The standard InChI is InChI=1S/C32H35Cl2N9S/c1-19-5-6-21(12-25(19)33)38-29-20(14-35)15-37-30-24(29)11-22(13-26(30)34)39-31(28-16-36-18-44-28)27-17-43(41-40-27)23-7-9-42(10-8-23)32(2,3)4/h5-6,11-13,15-18,23,31,39-41H,7-10H2,1-4H3,(H,37,38)/t31-/m1/s1. The number of nitriles is 1. The van der Waals surface area contributed by atoms with Crippen molar-refractivity contribution >= 4 is 62.5 Å². The first kappa shape index (κ1) is 30.4. The van der Waals surface area contributed by atoms with Gasteiger partial charge in [-0.2, -0.15) is 5.26 Å². The van der Waals surface area contributed by atoms with Gasteiger partial charge in [-0.05, 0) is 70.4 Å². The summed E-state index contributed by atoms with van der Waals surface area (Å²) in [5.41, 5.74) is 13.9. The molecule has 1 saturated heterocycles. The molecule has 6 rings (SSSR count). The second-order valence-corrected chi connectivity index (χ2v) is 13.9. The number of piperidine rings is 1. The molecule has 0 bridgehead atoms. The number of anilines is 3. The molecule has 2 aromatic carbocycles. The summed E-state index contributed by atoms with van der Waals surface area (Å²) in [7, 11) is 0. The van der Waals surface area contributed by atoms with Crippen molar-refractivity contribution in [1.82, 2.24) is 30.8 Å². The van der Waals surface area contributed by atoms with Crippen LogP contribution in [0.3, 0.4) is 0 Å². The fraction of sp³-hybridized carbons (Fsp3) is 0.344. The van der Waals surface area contributed by atoms with Gasteiger partial charge in [0.1, 0.15) is 12.1 Å². The lowest BCUT2D eigenvalue weighted by Crippen LogP contribution is -2.52. The predicted octanol–water partition coefficient (Wildman–Crippen LogP) is 7.50. The number of hydrogen-bond donors (Lipinski definition) is 4. The van der Waals surface area contributed by atoms with E-state index in [1.165, 1.54) is 0 Å².